The number of benzene rings is 2. The largest absolute Gasteiger partial charge is 0.449 e. The molecule has 0 saturated carbocycles. The van der Waals surface area contributed by atoms with Crippen LogP contribution < -0.4 is 14.9 Å². The second-order valence-electron chi connectivity index (χ2n) is 8.04. The third-order valence-electron chi connectivity index (χ3n) is 4.94. The maximum Gasteiger partial charge on any atom is 0.338 e. The van der Waals surface area contributed by atoms with Gasteiger partial charge in [-0.25, -0.2) is 17.9 Å². The quantitative estimate of drug-likeness (QED) is 0.569. The van der Waals surface area contributed by atoms with Crippen molar-refractivity contribution in [1.29, 1.82) is 0 Å². The molecule has 1 atom stereocenters. The molecule has 176 valence electrons. The van der Waals surface area contributed by atoms with Crippen LogP contribution >= 0.6 is 0 Å². The summed E-state index contributed by atoms with van der Waals surface area (Å²) in [4.78, 5) is 38.6. The van der Waals surface area contributed by atoms with Crippen LogP contribution in [0.15, 0.2) is 53.4 Å². The van der Waals surface area contributed by atoms with Crippen molar-refractivity contribution < 1.29 is 27.5 Å². The van der Waals surface area contributed by atoms with Gasteiger partial charge in [-0.3, -0.25) is 9.59 Å². The van der Waals surface area contributed by atoms with Gasteiger partial charge in [0.15, 0.2) is 6.10 Å². The minimum atomic E-state index is -3.64. The molecule has 2 aromatic rings. The predicted octanol–water partition coefficient (Wildman–Crippen LogP) is 2.68. The Morgan fingerprint density at radius 3 is 2.36 bits per heavy atom. The van der Waals surface area contributed by atoms with Crippen molar-refractivity contribution in [3.63, 3.8) is 0 Å². The number of hydrogen-bond acceptors (Lipinski definition) is 6. The van der Waals surface area contributed by atoms with Crippen molar-refractivity contribution in [2.45, 2.75) is 50.7 Å². The zero-order chi connectivity index (χ0) is 24.2. The van der Waals surface area contributed by atoms with Crippen molar-refractivity contribution >= 4 is 39.2 Å². The van der Waals surface area contributed by atoms with Gasteiger partial charge >= 0.3 is 5.97 Å². The number of nitrogens with zero attached hydrogens (tertiary/aromatic N) is 1. The lowest BCUT2D eigenvalue weighted by Gasteiger charge is -2.17. The number of carbonyl (C=O) groups is 3. The number of hydrogen-bond donors (Lipinski definition) is 2. The van der Waals surface area contributed by atoms with Crippen LogP contribution in [0.1, 0.15) is 44.0 Å². The highest BCUT2D eigenvalue weighted by atomic mass is 32.2. The van der Waals surface area contributed by atoms with Gasteiger partial charge in [0, 0.05) is 30.4 Å². The maximum atomic E-state index is 12.5. The van der Waals surface area contributed by atoms with Gasteiger partial charge in [0.05, 0.1) is 10.5 Å². The lowest BCUT2D eigenvalue weighted by atomic mass is 10.2. The molecule has 1 unspecified atom stereocenters. The molecule has 1 heterocycles. The van der Waals surface area contributed by atoms with E-state index >= 15 is 0 Å². The fourth-order valence-corrected chi connectivity index (χ4v) is 4.59. The van der Waals surface area contributed by atoms with Crippen LogP contribution in [0.2, 0.25) is 0 Å². The van der Waals surface area contributed by atoms with E-state index in [4.69, 9.17) is 4.74 Å². The van der Waals surface area contributed by atoms with Crippen LogP contribution in [0.3, 0.4) is 0 Å². The Balaban J connectivity index is 1.60. The highest BCUT2D eigenvalue weighted by Gasteiger charge is 2.24. The van der Waals surface area contributed by atoms with Gasteiger partial charge in [0.1, 0.15) is 0 Å². The topological polar surface area (TPSA) is 122 Å². The van der Waals surface area contributed by atoms with Crippen LogP contribution in [0.4, 0.5) is 11.4 Å². The molecular weight excluding hydrogens is 446 g/mol. The number of ether oxygens (including phenoxy) is 1. The number of carbonyl (C=O) groups excluding carboxylic acids is 3. The fraction of sp³-hybridized carbons (Fsp3) is 0.348. The maximum absolute atomic E-state index is 12.5. The Bertz CT molecular complexity index is 1150. The molecule has 2 amide bonds. The lowest BCUT2D eigenvalue weighted by molar-refractivity contribution is -0.123. The van der Waals surface area contributed by atoms with Gasteiger partial charge < -0.3 is 15.0 Å². The number of anilines is 2. The van der Waals surface area contributed by atoms with Gasteiger partial charge in [-0.2, -0.15) is 0 Å². The molecule has 1 fully saturated rings. The van der Waals surface area contributed by atoms with Crippen molar-refractivity contribution in [1.82, 2.24) is 4.72 Å². The average molecular weight is 474 g/mol. The molecule has 0 bridgehead atoms. The normalized spacial score (nSPS) is 14.9. The molecule has 33 heavy (non-hydrogen) atoms. The Kier molecular flexibility index (Phi) is 7.50. The first-order valence-electron chi connectivity index (χ1n) is 10.6. The van der Waals surface area contributed by atoms with Crippen LogP contribution in [0.25, 0.3) is 0 Å². The summed E-state index contributed by atoms with van der Waals surface area (Å²) >= 11 is 0. The summed E-state index contributed by atoms with van der Waals surface area (Å²) in [7, 11) is -3.64. The van der Waals surface area contributed by atoms with E-state index in [0.717, 1.165) is 6.42 Å². The van der Waals surface area contributed by atoms with Crippen LogP contribution in [-0.4, -0.2) is 44.9 Å². The minimum absolute atomic E-state index is 0.00655. The molecule has 0 aliphatic carbocycles. The van der Waals surface area contributed by atoms with E-state index in [2.05, 4.69) is 10.0 Å². The molecular formula is C23H27N3O6S. The highest BCUT2D eigenvalue weighted by Crippen LogP contribution is 2.23. The first kappa shape index (κ1) is 24.4. The van der Waals surface area contributed by atoms with E-state index < -0.39 is 28.0 Å². The van der Waals surface area contributed by atoms with E-state index in [1.807, 2.05) is 0 Å². The molecule has 0 aromatic heterocycles. The summed E-state index contributed by atoms with van der Waals surface area (Å²) in [6, 6.07) is 12.0. The predicted molar refractivity (Wildman–Crippen MR) is 123 cm³/mol. The van der Waals surface area contributed by atoms with E-state index in [1.165, 1.54) is 31.2 Å². The SMILES string of the molecule is CC(C)NS(=O)(=O)c1ccc(NC(=O)C(C)OC(=O)c2cccc(N3CCCC3=O)c2)cc1. The summed E-state index contributed by atoms with van der Waals surface area (Å²) in [5, 5.41) is 2.60. The average Bonchev–Trinajstić information content (AvgIpc) is 3.19. The number of esters is 1. The van der Waals surface area contributed by atoms with E-state index in [-0.39, 0.29) is 22.4 Å². The second kappa shape index (κ2) is 10.1. The summed E-state index contributed by atoms with van der Waals surface area (Å²) in [5.41, 5.74) is 1.21. The Morgan fingerprint density at radius 2 is 1.76 bits per heavy atom. The summed E-state index contributed by atoms with van der Waals surface area (Å²) in [6.07, 6.45) is 0.152. The zero-order valence-electron chi connectivity index (χ0n) is 18.7. The Hall–Kier alpha value is -3.24. The molecule has 1 aliphatic heterocycles. The van der Waals surface area contributed by atoms with Crippen LogP contribution in [0, 0.1) is 0 Å². The molecule has 10 heteroatoms. The van der Waals surface area contributed by atoms with Crippen molar-refractivity contribution in [2.24, 2.45) is 0 Å². The van der Waals surface area contributed by atoms with Gasteiger partial charge in [-0.15, -0.1) is 0 Å². The van der Waals surface area contributed by atoms with Gasteiger partial charge in [-0.05, 0) is 69.7 Å². The number of nitrogens with one attached hydrogen (secondary N) is 2. The zero-order valence-corrected chi connectivity index (χ0v) is 19.5. The highest BCUT2D eigenvalue weighted by molar-refractivity contribution is 7.89. The lowest BCUT2D eigenvalue weighted by Crippen LogP contribution is -2.31. The fourth-order valence-electron chi connectivity index (χ4n) is 3.34. The molecule has 0 radical (unpaired) electrons. The van der Waals surface area contributed by atoms with E-state index in [1.54, 1.807) is 43.0 Å². The number of rotatable bonds is 8. The molecule has 9 nitrogen and oxygen atoms in total. The van der Waals surface area contributed by atoms with E-state index in [9.17, 15) is 22.8 Å². The molecule has 1 aliphatic rings. The van der Waals surface area contributed by atoms with E-state index in [0.29, 0.717) is 24.3 Å². The third-order valence-corrected chi connectivity index (χ3v) is 6.62. The Labute approximate surface area is 193 Å². The third kappa shape index (κ3) is 6.17. The minimum Gasteiger partial charge on any atom is -0.449 e. The summed E-state index contributed by atoms with van der Waals surface area (Å²) in [5.74, 6) is -1.25. The van der Waals surface area contributed by atoms with Crippen molar-refractivity contribution in [3.05, 3.63) is 54.1 Å². The molecule has 3 rings (SSSR count). The first-order chi connectivity index (χ1) is 15.6. The monoisotopic (exact) mass is 473 g/mol. The molecule has 0 spiro atoms. The van der Waals surface area contributed by atoms with Gasteiger partial charge in [0.2, 0.25) is 15.9 Å². The summed E-state index contributed by atoms with van der Waals surface area (Å²) < 4.78 is 32.1. The Morgan fingerprint density at radius 1 is 1.06 bits per heavy atom. The smallest absolute Gasteiger partial charge is 0.338 e. The van der Waals surface area contributed by atoms with Crippen LogP contribution in [0.5, 0.6) is 0 Å². The number of sulfonamides is 1. The molecule has 2 aromatic carbocycles. The van der Waals surface area contributed by atoms with Crippen LogP contribution in [-0.2, 0) is 24.3 Å². The van der Waals surface area contributed by atoms with Gasteiger partial charge in [0.25, 0.3) is 5.91 Å². The van der Waals surface area contributed by atoms with Gasteiger partial charge in [-0.1, -0.05) is 6.07 Å². The molecule has 1 saturated heterocycles. The second-order valence-corrected chi connectivity index (χ2v) is 9.75. The standard InChI is InChI=1S/C23H27N3O6S/c1-15(2)25-33(30,31)20-11-9-18(10-12-20)24-22(28)16(3)32-23(29)17-6-4-7-19(14-17)26-13-5-8-21(26)27/h4,6-7,9-12,14-16,25H,5,8,13H2,1-3H3,(H,24,28). The first-order valence-corrected chi connectivity index (χ1v) is 12.1. The molecule has 2 N–H and O–H groups in total. The summed E-state index contributed by atoms with van der Waals surface area (Å²) in [6.45, 7) is 5.48. The number of amides is 2. The van der Waals surface area contributed by atoms with Crippen molar-refractivity contribution in [2.75, 3.05) is 16.8 Å². The van der Waals surface area contributed by atoms with Crippen molar-refractivity contribution in [3.8, 4) is 0 Å².